The van der Waals surface area contributed by atoms with E-state index in [0.717, 1.165) is 22.1 Å². The molecule has 3 aromatic rings. The van der Waals surface area contributed by atoms with E-state index < -0.39 is 18.2 Å². The molecule has 7 heteroatoms. The van der Waals surface area contributed by atoms with Gasteiger partial charge in [0.25, 0.3) is 0 Å². The number of furan rings is 1. The summed E-state index contributed by atoms with van der Waals surface area (Å²) in [6.07, 6.45) is -0.849. The molecule has 0 spiro atoms. The molecule has 0 saturated carbocycles. The smallest absolute Gasteiger partial charge is 0.330 e. The Morgan fingerprint density at radius 3 is 2.71 bits per heavy atom. The van der Waals surface area contributed by atoms with Crippen LogP contribution in [0.15, 0.2) is 53.5 Å². The zero-order valence-corrected chi connectivity index (χ0v) is 16.3. The number of fused-ring (bicyclic) bond motifs is 1. The van der Waals surface area contributed by atoms with Gasteiger partial charge in [0.15, 0.2) is 0 Å². The topological polar surface area (TPSA) is 89.1 Å². The second-order valence-corrected chi connectivity index (χ2v) is 7.70. The van der Waals surface area contributed by atoms with Crippen LogP contribution in [0, 0.1) is 6.92 Å². The van der Waals surface area contributed by atoms with Crippen molar-refractivity contribution < 1.29 is 28.9 Å². The lowest BCUT2D eigenvalue weighted by atomic mass is 10.2. The maximum Gasteiger partial charge on any atom is 0.330 e. The van der Waals surface area contributed by atoms with Crippen LogP contribution < -0.4 is 4.74 Å². The number of aliphatic hydroxyl groups excluding tert-OH is 2. The predicted octanol–water partition coefficient (Wildman–Crippen LogP) is 3.69. The highest BCUT2D eigenvalue weighted by Gasteiger charge is 2.15. The van der Waals surface area contributed by atoms with E-state index in [0.29, 0.717) is 11.3 Å². The van der Waals surface area contributed by atoms with E-state index in [-0.39, 0.29) is 19.6 Å². The van der Waals surface area contributed by atoms with E-state index in [2.05, 4.69) is 19.6 Å². The average molecular weight is 402 g/mol. The van der Waals surface area contributed by atoms with Crippen LogP contribution in [0.1, 0.15) is 11.3 Å². The Labute approximate surface area is 166 Å². The molecule has 0 aliphatic rings. The summed E-state index contributed by atoms with van der Waals surface area (Å²) in [5, 5.41) is 20.7. The van der Waals surface area contributed by atoms with Crippen LogP contribution in [0.2, 0.25) is 0 Å². The number of carbonyl (C=O) groups is 1. The Hall–Kier alpha value is -2.61. The third-order valence-corrected chi connectivity index (χ3v) is 5.06. The SMILES string of the molecule is C=CC(=O)OCC(O)CC(O)COc1ccc2cc(-c3ccc(C)s3)oc2c1. The fourth-order valence-electron chi connectivity index (χ4n) is 2.67. The number of thiophene rings is 1. The molecule has 1 aromatic carbocycles. The lowest BCUT2D eigenvalue weighted by molar-refractivity contribution is -0.141. The van der Waals surface area contributed by atoms with Crippen LogP contribution >= 0.6 is 11.3 Å². The minimum atomic E-state index is -0.980. The van der Waals surface area contributed by atoms with Crippen molar-refractivity contribution in [3.63, 3.8) is 0 Å². The molecule has 0 aliphatic carbocycles. The van der Waals surface area contributed by atoms with Crippen LogP contribution in [-0.2, 0) is 9.53 Å². The lowest BCUT2D eigenvalue weighted by Gasteiger charge is -2.16. The second-order valence-electron chi connectivity index (χ2n) is 6.41. The van der Waals surface area contributed by atoms with E-state index in [9.17, 15) is 15.0 Å². The molecular formula is C21H22O6S. The second kappa shape index (κ2) is 9.05. The molecule has 0 radical (unpaired) electrons. The van der Waals surface area contributed by atoms with Crippen molar-refractivity contribution in [1.82, 2.24) is 0 Å². The fraction of sp³-hybridized carbons (Fsp3) is 0.286. The number of ether oxygens (including phenoxy) is 2. The number of aliphatic hydroxyl groups is 2. The number of hydrogen-bond donors (Lipinski definition) is 2. The summed E-state index contributed by atoms with van der Waals surface area (Å²) in [6, 6.07) is 11.5. The molecule has 2 aromatic heterocycles. The van der Waals surface area contributed by atoms with Gasteiger partial charge in [-0.15, -0.1) is 11.3 Å². The summed E-state index contributed by atoms with van der Waals surface area (Å²) in [5.41, 5.74) is 0.699. The summed E-state index contributed by atoms with van der Waals surface area (Å²) in [5.74, 6) is 0.749. The number of carbonyl (C=O) groups excluding carboxylic acids is 1. The molecule has 2 heterocycles. The van der Waals surface area contributed by atoms with Crippen LogP contribution in [0.5, 0.6) is 5.75 Å². The molecule has 28 heavy (non-hydrogen) atoms. The molecule has 2 unspecified atom stereocenters. The summed E-state index contributed by atoms with van der Waals surface area (Å²) >= 11 is 1.67. The Bertz CT molecular complexity index is 957. The van der Waals surface area contributed by atoms with Crippen LogP contribution in [0.3, 0.4) is 0 Å². The number of hydrogen-bond acceptors (Lipinski definition) is 7. The van der Waals surface area contributed by atoms with E-state index in [1.165, 1.54) is 4.88 Å². The van der Waals surface area contributed by atoms with E-state index in [1.807, 2.05) is 18.2 Å². The number of rotatable bonds is 9. The van der Waals surface area contributed by atoms with Crippen molar-refractivity contribution in [2.75, 3.05) is 13.2 Å². The van der Waals surface area contributed by atoms with Gasteiger partial charge in [0, 0.05) is 28.8 Å². The number of aryl methyl sites for hydroxylation is 1. The van der Waals surface area contributed by atoms with Crippen LogP contribution in [0.25, 0.3) is 21.6 Å². The summed E-state index contributed by atoms with van der Waals surface area (Å²) in [7, 11) is 0. The normalized spacial score (nSPS) is 13.2. The first-order chi connectivity index (χ1) is 13.4. The molecule has 3 rings (SSSR count). The first-order valence-electron chi connectivity index (χ1n) is 8.83. The number of esters is 1. The maximum absolute atomic E-state index is 11.0. The third-order valence-electron chi connectivity index (χ3n) is 4.05. The van der Waals surface area contributed by atoms with Crippen molar-refractivity contribution in [3.8, 4) is 16.4 Å². The van der Waals surface area contributed by atoms with Gasteiger partial charge < -0.3 is 24.1 Å². The molecule has 0 aliphatic heterocycles. The lowest BCUT2D eigenvalue weighted by Crippen LogP contribution is -2.27. The van der Waals surface area contributed by atoms with Gasteiger partial charge in [-0.1, -0.05) is 6.58 Å². The monoisotopic (exact) mass is 402 g/mol. The number of benzene rings is 1. The highest BCUT2D eigenvalue weighted by atomic mass is 32.1. The fourth-order valence-corrected chi connectivity index (χ4v) is 3.49. The van der Waals surface area contributed by atoms with Crippen molar-refractivity contribution in [2.45, 2.75) is 25.6 Å². The van der Waals surface area contributed by atoms with Gasteiger partial charge in [-0.3, -0.25) is 0 Å². The van der Waals surface area contributed by atoms with Gasteiger partial charge in [-0.05, 0) is 37.3 Å². The Morgan fingerprint density at radius 1 is 1.21 bits per heavy atom. The first-order valence-corrected chi connectivity index (χ1v) is 9.65. The van der Waals surface area contributed by atoms with Gasteiger partial charge in [0.2, 0.25) is 0 Å². The molecule has 2 atom stereocenters. The predicted molar refractivity (Wildman–Crippen MR) is 108 cm³/mol. The minimum absolute atomic E-state index is 0.00431. The van der Waals surface area contributed by atoms with Crippen molar-refractivity contribution in [1.29, 1.82) is 0 Å². The van der Waals surface area contributed by atoms with Crippen molar-refractivity contribution >= 4 is 28.3 Å². The average Bonchev–Trinajstić information content (AvgIpc) is 3.29. The molecular weight excluding hydrogens is 380 g/mol. The highest BCUT2D eigenvalue weighted by Crippen LogP contribution is 2.33. The Kier molecular flexibility index (Phi) is 6.51. The van der Waals surface area contributed by atoms with Gasteiger partial charge in [0.05, 0.1) is 17.1 Å². The highest BCUT2D eigenvalue weighted by molar-refractivity contribution is 7.15. The molecule has 148 valence electrons. The third kappa shape index (κ3) is 5.22. The molecule has 0 bridgehead atoms. The maximum atomic E-state index is 11.0. The minimum Gasteiger partial charge on any atom is -0.491 e. The van der Waals surface area contributed by atoms with Crippen molar-refractivity contribution in [2.24, 2.45) is 0 Å². The van der Waals surface area contributed by atoms with Gasteiger partial charge in [-0.25, -0.2) is 4.79 Å². The molecule has 0 fully saturated rings. The van der Waals surface area contributed by atoms with Gasteiger partial charge in [0.1, 0.15) is 30.3 Å². The van der Waals surface area contributed by atoms with Gasteiger partial charge >= 0.3 is 5.97 Å². The first kappa shape index (κ1) is 20.1. The van der Waals surface area contributed by atoms with E-state index in [1.54, 1.807) is 23.5 Å². The van der Waals surface area contributed by atoms with Crippen molar-refractivity contribution in [3.05, 3.63) is 53.9 Å². The van der Waals surface area contributed by atoms with Crippen LogP contribution in [0.4, 0.5) is 0 Å². The summed E-state index contributed by atoms with van der Waals surface area (Å²) in [4.78, 5) is 13.3. The molecule has 6 nitrogen and oxygen atoms in total. The molecule has 0 amide bonds. The van der Waals surface area contributed by atoms with Gasteiger partial charge in [-0.2, -0.15) is 0 Å². The quantitative estimate of drug-likeness (QED) is 0.419. The van der Waals surface area contributed by atoms with E-state index in [4.69, 9.17) is 13.9 Å². The largest absolute Gasteiger partial charge is 0.491 e. The Balaban J connectivity index is 1.55. The summed E-state index contributed by atoms with van der Waals surface area (Å²) in [6.45, 7) is 5.11. The van der Waals surface area contributed by atoms with E-state index >= 15 is 0 Å². The standard InChI is InChI=1S/C21H22O6S/c1-3-21(24)26-12-16(23)9-15(22)11-25-17-6-5-14-8-19(27-18(14)10-17)20-7-4-13(2)28-20/h3-8,10,15-16,22-23H,1,9,11-12H2,2H3. The zero-order valence-electron chi connectivity index (χ0n) is 15.5. The van der Waals surface area contributed by atoms with Crippen LogP contribution in [-0.4, -0.2) is 41.6 Å². The molecule has 2 N–H and O–H groups in total. The Morgan fingerprint density at radius 2 is 2.00 bits per heavy atom. The zero-order chi connectivity index (χ0) is 20.1. The molecule has 0 saturated heterocycles. The summed E-state index contributed by atoms with van der Waals surface area (Å²) < 4.78 is 16.3.